The number of fused-ring (bicyclic) bond motifs is 1. The molecule has 0 unspecified atom stereocenters. The molecular formula is C22H30N6O4S. The van der Waals surface area contributed by atoms with Crippen LogP contribution in [0.3, 0.4) is 0 Å². The zero-order valence-corrected chi connectivity index (χ0v) is 20.1. The number of anilines is 1. The molecule has 0 N–H and O–H groups in total. The molecule has 0 saturated carbocycles. The Morgan fingerprint density at radius 1 is 1.03 bits per heavy atom. The lowest BCUT2D eigenvalue weighted by atomic mass is 10.1. The van der Waals surface area contributed by atoms with Crippen LogP contribution in [0.5, 0.6) is 11.5 Å². The summed E-state index contributed by atoms with van der Waals surface area (Å²) >= 11 is 0. The summed E-state index contributed by atoms with van der Waals surface area (Å²) in [6.07, 6.45) is 5.51. The first-order chi connectivity index (χ1) is 16.0. The maximum Gasteiger partial charge on any atom is 0.254 e. The summed E-state index contributed by atoms with van der Waals surface area (Å²) in [7, 11) is -0.0543. The number of sulfonamides is 1. The van der Waals surface area contributed by atoms with Gasteiger partial charge in [-0.25, -0.2) is 17.7 Å². The Kier molecular flexibility index (Phi) is 6.99. The maximum absolute atomic E-state index is 12.8. The molecule has 1 fully saturated rings. The Bertz CT molecular complexity index is 1210. The highest BCUT2D eigenvalue weighted by Crippen LogP contribution is 2.36. The second-order valence-electron chi connectivity index (χ2n) is 7.95. The van der Waals surface area contributed by atoms with Crippen LogP contribution in [-0.2, 0) is 10.0 Å². The molecule has 11 heteroatoms. The smallest absolute Gasteiger partial charge is 0.254 e. The van der Waals surface area contributed by atoms with Crippen molar-refractivity contribution < 1.29 is 17.9 Å². The molecule has 1 saturated heterocycles. The van der Waals surface area contributed by atoms with Gasteiger partial charge in [-0.2, -0.15) is 14.6 Å². The van der Waals surface area contributed by atoms with E-state index in [0.29, 0.717) is 49.9 Å². The van der Waals surface area contributed by atoms with Gasteiger partial charge in [-0.3, -0.25) is 0 Å². The van der Waals surface area contributed by atoms with Gasteiger partial charge in [0.25, 0.3) is 5.78 Å². The normalized spacial score (nSPS) is 15.5. The number of nitrogens with zero attached hydrogens (tertiary/aromatic N) is 6. The van der Waals surface area contributed by atoms with E-state index in [4.69, 9.17) is 9.47 Å². The molecule has 0 amide bonds. The average molecular weight is 475 g/mol. The standard InChI is InChI=1S/C22H30N6O4S/c1-4-5-13-33(29,30)27-10-6-9-26(11-12-27)21-18(15-23-22-24-16-25-28(21)22)17-7-8-19(31-2)20(14-17)32-3/h7-8,14-16H,4-6,9-13H2,1-3H3. The molecule has 0 spiro atoms. The van der Waals surface area contributed by atoms with Gasteiger partial charge in [0, 0.05) is 37.9 Å². The third kappa shape index (κ3) is 4.74. The predicted molar refractivity (Wildman–Crippen MR) is 126 cm³/mol. The van der Waals surface area contributed by atoms with E-state index in [1.807, 2.05) is 25.1 Å². The van der Waals surface area contributed by atoms with E-state index in [2.05, 4.69) is 20.0 Å². The van der Waals surface area contributed by atoms with Crippen molar-refractivity contribution in [3.63, 3.8) is 0 Å². The summed E-state index contributed by atoms with van der Waals surface area (Å²) in [5.74, 6) is 2.77. The third-order valence-corrected chi connectivity index (χ3v) is 7.84. The van der Waals surface area contributed by atoms with Gasteiger partial charge in [0.05, 0.1) is 20.0 Å². The Balaban J connectivity index is 1.71. The van der Waals surface area contributed by atoms with E-state index in [9.17, 15) is 8.42 Å². The Hall–Kier alpha value is -2.92. The molecule has 3 heterocycles. The molecule has 1 aliphatic rings. The number of rotatable bonds is 8. The first-order valence-corrected chi connectivity index (χ1v) is 12.7. The molecule has 4 rings (SSSR count). The van der Waals surface area contributed by atoms with E-state index in [1.54, 1.807) is 29.2 Å². The zero-order valence-electron chi connectivity index (χ0n) is 19.3. The molecule has 0 aliphatic carbocycles. The zero-order chi connectivity index (χ0) is 23.4. The summed E-state index contributed by atoms with van der Waals surface area (Å²) < 4.78 is 39.8. The van der Waals surface area contributed by atoms with E-state index >= 15 is 0 Å². The molecule has 1 aliphatic heterocycles. The monoisotopic (exact) mass is 474 g/mol. The van der Waals surface area contributed by atoms with E-state index in [-0.39, 0.29) is 5.75 Å². The second kappa shape index (κ2) is 9.92. The quantitative estimate of drug-likeness (QED) is 0.491. The summed E-state index contributed by atoms with van der Waals surface area (Å²) in [6, 6.07) is 5.71. The largest absolute Gasteiger partial charge is 0.493 e. The Labute approximate surface area is 194 Å². The maximum atomic E-state index is 12.8. The molecule has 0 bridgehead atoms. The predicted octanol–water partition coefficient (Wildman–Crippen LogP) is 2.45. The molecule has 178 valence electrons. The highest BCUT2D eigenvalue weighted by atomic mass is 32.2. The van der Waals surface area contributed by atoms with Gasteiger partial charge in [0.1, 0.15) is 12.1 Å². The SMILES string of the molecule is CCCCS(=O)(=O)N1CCCN(c2c(-c3ccc(OC)c(OC)c3)cnc3ncnn23)CC1. The molecule has 1 aromatic carbocycles. The fourth-order valence-corrected chi connectivity index (χ4v) is 5.80. The Morgan fingerprint density at radius 2 is 1.85 bits per heavy atom. The summed E-state index contributed by atoms with van der Waals surface area (Å²) in [5.41, 5.74) is 1.75. The fraction of sp³-hybridized carbons (Fsp3) is 0.500. The lowest BCUT2D eigenvalue weighted by molar-refractivity contribution is 0.355. The minimum Gasteiger partial charge on any atom is -0.493 e. The van der Waals surface area contributed by atoms with Crippen molar-refractivity contribution in [2.45, 2.75) is 26.2 Å². The van der Waals surface area contributed by atoms with Gasteiger partial charge < -0.3 is 14.4 Å². The number of hydrogen-bond donors (Lipinski definition) is 0. The molecule has 3 aromatic rings. The van der Waals surface area contributed by atoms with E-state index in [1.165, 1.54) is 6.33 Å². The van der Waals surface area contributed by atoms with E-state index in [0.717, 1.165) is 29.8 Å². The van der Waals surface area contributed by atoms with Crippen molar-refractivity contribution in [1.82, 2.24) is 23.9 Å². The Morgan fingerprint density at radius 3 is 2.61 bits per heavy atom. The van der Waals surface area contributed by atoms with Gasteiger partial charge in [-0.05, 0) is 30.5 Å². The van der Waals surface area contributed by atoms with Crippen LogP contribution < -0.4 is 14.4 Å². The van der Waals surface area contributed by atoms with Crippen LogP contribution in [-0.4, -0.2) is 78.5 Å². The van der Waals surface area contributed by atoms with Crippen molar-refractivity contribution in [3.05, 3.63) is 30.7 Å². The van der Waals surface area contributed by atoms with Crippen molar-refractivity contribution >= 4 is 21.6 Å². The second-order valence-corrected chi connectivity index (χ2v) is 10.0. The molecular weight excluding hydrogens is 444 g/mol. The van der Waals surface area contributed by atoms with Crippen LogP contribution in [0.15, 0.2) is 30.7 Å². The van der Waals surface area contributed by atoms with Crippen LogP contribution in [0.1, 0.15) is 26.2 Å². The van der Waals surface area contributed by atoms with Gasteiger partial charge in [-0.1, -0.05) is 19.4 Å². The first kappa shape index (κ1) is 23.2. The van der Waals surface area contributed by atoms with Gasteiger partial charge in [0.2, 0.25) is 10.0 Å². The third-order valence-electron chi connectivity index (χ3n) is 5.88. The molecule has 0 atom stereocenters. The van der Waals surface area contributed by atoms with Crippen LogP contribution in [0.25, 0.3) is 16.9 Å². The molecule has 33 heavy (non-hydrogen) atoms. The molecule has 2 aromatic heterocycles. The average Bonchev–Trinajstić information content (AvgIpc) is 3.17. The van der Waals surface area contributed by atoms with Gasteiger partial charge >= 0.3 is 0 Å². The number of ether oxygens (including phenoxy) is 2. The first-order valence-electron chi connectivity index (χ1n) is 11.1. The van der Waals surface area contributed by atoms with Gasteiger partial charge in [-0.15, -0.1) is 0 Å². The highest BCUT2D eigenvalue weighted by Gasteiger charge is 2.27. The number of aromatic nitrogens is 4. The van der Waals surface area contributed by atoms with Gasteiger partial charge in [0.15, 0.2) is 11.5 Å². The summed E-state index contributed by atoms with van der Waals surface area (Å²) in [5, 5.41) is 4.41. The highest BCUT2D eigenvalue weighted by molar-refractivity contribution is 7.89. The molecule has 0 radical (unpaired) electrons. The number of unbranched alkanes of at least 4 members (excludes halogenated alkanes) is 1. The van der Waals surface area contributed by atoms with Crippen molar-refractivity contribution in [3.8, 4) is 22.6 Å². The van der Waals surface area contributed by atoms with Crippen molar-refractivity contribution in [2.75, 3.05) is 51.1 Å². The van der Waals surface area contributed by atoms with Crippen molar-refractivity contribution in [1.29, 1.82) is 0 Å². The summed E-state index contributed by atoms with van der Waals surface area (Å²) in [4.78, 5) is 10.9. The van der Waals surface area contributed by atoms with Crippen LogP contribution >= 0.6 is 0 Å². The lowest BCUT2D eigenvalue weighted by Crippen LogP contribution is -2.37. The topological polar surface area (TPSA) is 102 Å². The lowest BCUT2D eigenvalue weighted by Gasteiger charge is -2.26. The van der Waals surface area contributed by atoms with Crippen LogP contribution in [0.2, 0.25) is 0 Å². The fourth-order valence-electron chi connectivity index (χ4n) is 4.12. The van der Waals surface area contributed by atoms with Crippen LogP contribution in [0.4, 0.5) is 5.82 Å². The van der Waals surface area contributed by atoms with Crippen molar-refractivity contribution in [2.24, 2.45) is 0 Å². The number of hydrogen-bond acceptors (Lipinski definition) is 8. The van der Waals surface area contributed by atoms with E-state index < -0.39 is 10.0 Å². The van der Waals surface area contributed by atoms with Crippen LogP contribution in [0, 0.1) is 0 Å². The number of benzene rings is 1. The minimum atomic E-state index is -3.26. The minimum absolute atomic E-state index is 0.197. The summed E-state index contributed by atoms with van der Waals surface area (Å²) in [6.45, 7) is 4.18. The molecule has 10 nitrogen and oxygen atoms in total. The number of methoxy groups -OCH3 is 2.